The minimum absolute atomic E-state index is 0.330. The predicted molar refractivity (Wildman–Crippen MR) is 118 cm³/mol. The summed E-state index contributed by atoms with van der Waals surface area (Å²) in [5, 5.41) is 11.4. The van der Waals surface area contributed by atoms with Crippen molar-refractivity contribution in [2.24, 2.45) is 0 Å². The molecule has 35 heavy (non-hydrogen) atoms. The summed E-state index contributed by atoms with van der Waals surface area (Å²) in [4.78, 5) is 39.0. The number of nitro groups is 1. The third-order valence-corrected chi connectivity index (χ3v) is 5.31. The number of carbonyl (C=O) groups is 2. The molecule has 11 nitrogen and oxygen atoms in total. The largest absolute Gasteiger partial charge is 0.497 e. The van der Waals surface area contributed by atoms with Gasteiger partial charge in [-0.05, 0) is 24.3 Å². The van der Waals surface area contributed by atoms with E-state index < -0.39 is 47.0 Å². The lowest BCUT2D eigenvalue weighted by Gasteiger charge is -2.36. The van der Waals surface area contributed by atoms with E-state index in [1.165, 1.54) is 4.90 Å². The molecule has 1 heterocycles. The molecule has 0 spiro atoms. The maximum absolute atomic E-state index is 12.6. The number of ether oxygens (including phenoxy) is 4. The number of alkyl halides is 2. The van der Waals surface area contributed by atoms with E-state index in [2.05, 4.69) is 9.64 Å². The average molecular weight is 495 g/mol. The first kappa shape index (κ1) is 25.5. The van der Waals surface area contributed by atoms with Crippen LogP contribution in [0.15, 0.2) is 36.4 Å². The first-order chi connectivity index (χ1) is 16.7. The quantitative estimate of drug-likeness (QED) is 0.294. The van der Waals surface area contributed by atoms with E-state index in [4.69, 9.17) is 14.2 Å². The van der Waals surface area contributed by atoms with E-state index in [1.54, 1.807) is 7.11 Å². The molecule has 0 aromatic heterocycles. The first-order valence-electron chi connectivity index (χ1n) is 10.4. The fourth-order valence-corrected chi connectivity index (χ4v) is 3.51. The van der Waals surface area contributed by atoms with Gasteiger partial charge in [0, 0.05) is 37.9 Å². The molecule has 1 saturated heterocycles. The van der Waals surface area contributed by atoms with Gasteiger partial charge in [-0.15, -0.1) is 0 Å². The van der Waals surface area contributed by atoms with Crippen LogP contribution >= 0.6 is 0 Å². The highest BCUT2D eigenvalue weighted by atomic mass is 19.3. The zero-order chi connectivity index (χ0) is 25.5. The van der Waals surface area contributed by atoms with E-state index in [-0.39, 0.29) is 5.75 Å². The maximum atomic E-state index is 12.6. The molecule has 1 aliphatic rings. The van der Waals surface area contributed by atoms with Crippen molar-refractivity contribution < 1.29 is 42.2 Å². The lowest BCUT2D eigenvalue weighted by molar-refractivity contribution is -0.385. The van der Waals surface area contributed by atoms with Gasteiger partial charge < -0.3 is 28.7 Å². The van der Waals surface area contributed by atoms with Crippen LogP contribution in [-0.4, -0.2) is 75.3 Å². The standard InChI is InChI=1S/C22H23F2N3O8/c1-32-15-5-3-14(4-6-15)25-7-9-26(10-8-25)20(28)13-34-21(29)16-11-18(33-2)19(35-22(23)24)12-17(16)27(30)31/h3-6,11-12,22H,7-10,13H2,1-2H3. The van der Waals surface area contributed by atoms with Crippen LogP contribution in [-0.2, 0) is 9.53 Å². The number of hydrogen-bond donors (Lipinski definition) is 0. The molecule has 13 heteroatoms. The Hall–Kier alpha value is -4.16. The summed E-state index contributed by atoms with van der Waals surface area (Å²) in [6.07, 6.45) is 0. The molecule has 2 aromatic carbocycles. The molecule has 0 aliphatic carbocycles. The zero-order valence-electron chi connectivity index (χ0n) is 18.9. The van der Waals surface area contributed by atoms with Gasteiger partial charge in [-0.1, -0.05) is 0 Å². The molecular formula is C22H23F2N3O8. The zero-order valence-corrected chi connectivity index (χ0v) is 18.9. The third kappa shape index (κ3) is 6.25. The fourth-order valence-electron chi connectivity index (χ4n) is 3.51. The van der Waals surface area contributed by atoms with Crippen molar-refractivity contribution >= 4 is 23.3 Å². The molecule has 0 saturated carbocycles. The molecule has 0 bridgehead atoms. The average Bonchev–Trinajstić information content (AvgIpc) is 2.86. The Morgan fingerprint density at radius 1 is 1.03 bits per heavy atom. The number of amides is 1. The van der Waals surface area contributed by atoms with Gasteiger partial charge in [-0.3, -0.25) is 14.9 Å². The first-order valence-corrected chi connectivity index (χ1v) is 10.4. The van der Waals surface area contributed by atoms with E-state index in [0.29, 0.717) is 32.2 Å². The van der Waals surface area contributed by atoms with Gasteiger partial charge in [-0.25, -0.2) is 4.79 Å². The van der Waals surface area contributed by atoms with Gasteiger partial charge in [0.15, 0.2) is 18.1 Å². The summed E-state index contributed by atoms with van der Waals surface area (Å²) in [7, 11) is 2.70. The van der Waals surface area contributed by atoms with Crippen LogP contribution in [0.2, 0.25) is 0 Å². The van der Waals surface area contributed by atoms with Crippen LogP contribution in [0.4, 0.5) is 20.2 Å². The number of benzene rings is 2. The highest BCUT2D eigenvalue weighted by Gasteiger charge is 2.28. The highest BCUT2D eigenvalue weighted by molar-refractivity contribution is 5.96. The number of nitrogens with zero attached hydrogens (tertiary/aromatic N) is 3. The third-order valence-electron chi connectivity index (χ3n) is 5.31. The molecular weight excluding hydrogens is 472 g/mol. The predicted octanol–water partition coefficient (Wildman–Crippen LogP) is 2.72. The number of methoxy groups -OCH3 is 2. The number of esters is 1. The number of carbonyl (C=O) groups excluding carboxylic acids is 2. The molecule has 0 atom stereocenters. The number of rotatable bonds is 9. The molecule has 3 rings (SSSR count). The van der Waals surface area contributed by atoms with E-state index >= 15 is 0 Å². The van der Waals surface area contributed by atoms with Crippen LogP contribution < -0.4 is 19.1 Å². The van der Waals surface area contributed by atoms with Gasteiger partial charge in [-0.2, -0.15) is 8.78 Å². The van der Waals surface area contributed by atoms with Crippen molar-refractivity contribution in [1.29, 1.82) is 0 Å². The summed E-state index contributed by atoms with van der Waals surface area (Å²) in [6.45, 7) is -2.02. The van der Waals surface area contributed by atoms with Crippen molar-refractivity contribution in [3.8, 4) is 17.2 Å². The lowest BCUT2D eigenvalue weighted by atomic mass is 10.1. The van der Waals surface area contributed by atoms with E-state index in [1.807, 2.05) is 24.3 Å². The number of piperazine rings is 1. The van der Waals surface area contributed by atoms with Crippen molar-refractivity contribution in [2.75, 3.05) is 51.9 Å². The maximum Gasteiger partial charge on any atom is 0.387 e. The fraction of sp³-hybridized carbons (Fsp3) is 0.364. The van der Waals surface area contributed by atoms with Gasteiger partial charge in [0.05, 0.1) is 25.2 Å². The van der Waals surface area contributed by atoms with E-state index in [9.17, 15) is 28.5 Å². The molecule has 0 N–H and O–H groups in total. The van der Waals surface area contributed by atoms with E-state index in [0.717, 1.165) is 24.6 Å². The Kier molecular flexibility index (Phi) is 8.23. The normalized spacial score (nSPS) is 13.4. The molecule has 0 unspecified atom stereocenters. The molecule has 2 aromatic rings. The minimum Gasteiger partial charge on any atom is -0.497 e. The Balaban J connectivity index is 1.61. The second-order valence-electron chi connectivity index (χ2n) is 7.30. The van der Waals surface area contributed by atoms with Crippen LogP contribution in [0, 0.1) is 10.1 Å². The van der Waals surface area contributed by atoms with Crippen LogP contribution in [0.3, 0.4) is 0 Å². The minimum atomic E-state index is -3.26. The summed E-state index contributed by atoms with van der Waals surface area (Å²) in [5.74, 6) is -1.86. The number of halogens is 2. The van der Waals surface area contributed by atoms with Gasteiger partial charge in [0.25, 0.3) is 11.6 Å². The molecule has 1 amide bonds. The van der Waals surface area contributed by atoms with Crippen molar-refractivity contribution in [3.63, 3.8) is 0 Å². The van der Waals surface area contributed by atoms with Crippen molar-refractivity contribution in [1.82, 2.24) is 4.90 Å². The lowest BCUT2D eigenvalue weighted by Crippen LogP contribution is -2.49. The summed E-state index contributed by atoms with van der Waals surface area (Å²) in [6, 6.07) is 9.01. The summed E-state index contributed by atoms with van der Waals surface area (Å²) < 4.78 is 44.4. The summed E-state index contributed by atoms with van der Waals surface area (Å²) in [5.41, 5.74) is -0.414. The number of hydrogen-bond acceptors (Lipinski definition) is 9. The Morgan fingerprint density at radius 2 is 1.69 bits per heavy atom. The van der Waals surface area contributed by atoms with Crippen molar-refractivity contribution in [3.05, 3.63) is 52.1 Å². The van der Waals surface area contributed by atoms with Crippen molar-refractivity contribution in [2.45, 2.75) is 6.61 Å². The molecule has 1 aliphatic heterocycles. The van der Waals surface area contributed by atoms with Gasteiger partial charge in [0.2, 0.25) is 0 Å². The second kappa shape index (κ2) is 11.3. The molecule has 0 radical (unpaired) electrons. The van der Waals surface area contributed by atoms with Gasteiger partial charge >= 0.3 is 12.6 Å². The Morgan fingerprint density at radius 3 is 2.23 bits per heavy atom. The molecule has 188 valence electrons. The monoisotopic (exact) mass is 495 g/mol. The SMILES string of the molecule is COc1ccc(N2CCN(C(=O)COC(=O)c3cc(OC)c(OC(F)F)cc3[N+](=O)[O-])CC2)cc1. The highest BCUT2D eigenvalue weighted by Crippen LogP contribution is 2.36. The molecule has 1 fully saturated rings. The van der Waals surface area contributed by atoms with Gasteiger partial charge in [0.1, 0.15) is 11.3 Å². The van der Waals surface area contributed by atoms with Crippen LogP contribution in [0.5, 0.6) is 17.2 Å². The van der Waals surface area contributed by atoms with Crippen LogP contribution in [0.25, 0.3) is 0 Å². The van der Waals surface area contributed by atoms with Crippen LogP contribution in [0.1, 0.15) is 10.4 Å². The Labute approximate surface area is 198 Å². The smallest absolute Gasteiger partial charge is 0.387 e. The Bertz CT molecular complexity index is 1070. The summed E-state index contributed by atoms with van der Waals surface area (Å²) >= 11 is 0. The topological polar surface area (TPSA) is 121 Å². The number of anilines is 1. The second-order valence-corrected chi connectivity index (χ2v) is 7.30. The number of nitro benzene ring substituents is 1.